The minimum Gasteiger partial charge on any atom is -0.347 e. The van der Waals surface area contributed by atoms with Crippen molar-refractivity contribution in [2.24, 2.45) is 5.73 Å². The standard InChI is InChI=1S/C15H13ClN2OS/c16-12-5-3-11(4-6-12)15(19)18-10-14-8-7-13(20-14)2-1-9-17/h3-8H,9-10,17H2,(H,18,19). The first-order chi connectivity index (χ1) is 9.69. The summed E-state index contributed by atoms with van der Waals surface area (Å²) < 4.78 is 0. The Kier molecular flexibility index (Phi) is 5.19. The van der Waals surface area contributed by atoms with Crippen LogP contribution in [0.5, 0.6) is 0 Å². The lowest BCUT2D eigenvalue weighted by atomic mass is 10.2. The minimum atomic E-state index is -0.121. The summed E-state index contributed by atoms with van der Waals surface area (Å²) in [5, 5.41) is 3.47. The number of nitrogens with two attached hydrogens (primary N) is 1. The Labute approximate surface area is 126 Å². The van der Waals surface area contributed by atoms with Crippen molar-refractivity contribution in [3.8, 4) is 11.8 Å². The van der Waals surface area contributed by atoms with Crippen molar-refractivity contribution in [1.29, 1.82) is 0 Å². The van der Waals surface area contributed by atoms with Gasteiger partial charge in [-0.15, -0.1) is 11.3 Å². The molecule has 0 atom stereocenters. The number of benzene rings is 1. The van der Waals surface area contributed by atoms with Crippen LogP contribution < -0.4 is 11.1 Å². The molecule has 5 heteroatoms. The van der Waals surface area contributed by atoms with Gasteiger partial charge in [-0.25, -0.2) is 0 Å². The van der Waals surface area contributed by atoms with Crippen LogP contribution in [0.1, 0.15) is 20.1 Å². The average molecular weight is 305 g/mol. The van der Waals surface area contributed by atoms with Gasteiger partial charge < -0.3 is 11.1 Å². The molecule has 0 saturated carbocycles. The van der Waals surface area contributed by atoms with Crippen LogP contribution in [0, 0.1) is 11.8 Å². The number of amides is 1. The molecule has 0 aliphatic carbocycles. The summed E-state index contributed by atoms with van der Waals surface area (Å²) in [4.78, 5) is 13.9. The van der Waals surface area contributed by atoms with E-state index in [1.54, 1.807) is 35.6 Å². The predicted molar refractivity (Wildman–Crippen MR) is 82.9 cm³/mol. The number of nitrogens with one attached hydrogen (secondary N) is 1. The molecule has 2 rings (SSSR count). The maximum atomic E-state index is 11.9. The first kappa shape index (κ1) is 14.6. The molecule has 1 aromatic carbocycles. The smallest absolute Gasteiger partial charge is 0.251 e. The Bertz CT molecular complexity index is 653. The summed E-state index contributed by atoms with van der Waals surface area (Å²) in [6, 6.07) is 10.7. The lowest BCUT2D eigenvalue weighted by Crippen LogP contribution is -2.22. The van der Waals surface area contributed by atoms with E-state index in [2.05, 4.69) is 17.2 Å². The lowest BCUT2D eigenvalue weighted by Gasteiger charge is -2.03. The van der Waals surface area contributed by atoms with Crippen molar-refractivity contribution in [1.82, 2.24) is 5.32 Å². The summed E-state index contributed by atoms with van der Waals surface area (Å²) in [5.41, 5.74) is 5.91. The normalized spacial score (nSPS) is 9.70. The first-order valence-electron chi connectivity index (χ1n) is 6.00. The third kappa shape index (κ3) is 4.10. The van der Waals surface area contributed by atoms with Crippen molar-refractivity contribution in [3.05, 3.63) is 56.7 Å². The number of carbonyl (C=O) groups excluding carboxylic acids is 1. The summed E-state index contributed by atoms with van der Waals surface area (Å²) in [7, 11) is 0. The van der Waals surface area contributed by atoms with Gasteiger partial charge in [0.15, 0.2) is 0 Å². The maximum Gasteiger partial charge on any atom is 0.251 e. The van der Waals surface area contributed by atoms with E-state index in [0.29, 0.717) is 23.7 Å². The van der Waals surface area contributed by atoms with Crippen LogP contribution in [0.2, 0.25) is 5.02 Å². The van der Waals surface area contributed by atoms with Gasteiger partial charge in [0.25, 0.3) is 5.91 Å². The fourth-order valence-corrected chi connectivity index (χ4v) is 2.50. The number of hydrogen-bond donors (Lipinski definition) is 2. The second-order valence-corrected chi connectivity index (χ2v) is 5.57. The van der Waals surface area contributed by atoms with Gasteiger partial charge >= 0.3 is 0 Å². The third-order valence-electron chi connectivity index (χ3n) is 2.50. The van der Waals surface area contributed by atoms with Crippen LogP contribution in [0.3, 0.4) is 0 Å². The first-order valence-corrected chi connectivity index (χ1v) is 7.20. The predicted octanol–water partition coefficient (Wildman–Crippen LogP) is 2.64. The molecular weight excluding hydrogens is 292 g/mol. The Morgan fingerprint density at radius 1 is 1.25 bits per heavy atom. The molecule has 0 saturated heterocycles. The zero-order valence-electron chi connectivity index (χ0n) is 10.7. The van der Waals surface area contributed by atoms with Crippen LogP contribution in [-0.4, -0.2) is 12.5 Å². The number of carbonyl (C=O) groups is 1. The topological polar surface area (TPSA) is 55.1 Å². The van der Waals surface area contributed by atoms with Gasteiger partial charge in [-0.1, -0.05) is 23.4 Å². The summed E-state index contributed by atoms with van der Waals surface area (Å²) >= 11 is 7.33. The van der Waals surface area contributed by atoms with Crippen LogP contribution in [-0.2, 0) is 6.54 Å². The Hall–Kier alpha value is -1.80. The molecular formula is C15H13ClN2OS. The van der Waals surface area contributed by atoms with Gasteiger partial charge in [-0.3, -0.25) is 4.79 Å². The number of rotatable bonds is 3. The van der Waals surface area contributed by atoms with Gasteiger partial charge in [-0.2, -0.15) is 0 Å². The van der Waals surface area contributed by atoms with Gasteiger partial charge in [0.2, 0.25) is 0 Å². The molecule has 0 aliphatic rings. The van der Waals surface area contributed by atoms with Crippen LogP contribution in [0.25, 0.3) is 0 Å². The fourth-order valence-electron chi connectivity index (χ4n) is 1.55. The van der Waals surface area contributed by atoms with E-state index < -0.39 is 0 Å². The highest BCUT2D eigenvalue weighted by Crippen LogP contribution is 2.15. The number of thiophene rings is 1. The van der Waals surface area contributed by atoms with E-state index in [1.165, 1.54) is 0 Å². The molecule has 0 spiro atoms. The molecule has 0 unspecified atom stereocenters. The number of hydrogen-bond acceptors (Lipinski definition) is 3. The molecule has 20 heavy (non-hydrogen) atoms. The summed E-state index contributed by atoms with van der Waals surface area (Å²) in [6.07, 6.45) is 0. The monoisotopic (exact) mass is 304 g/mol. The molecule has 0 fully saturated rings. The van der Waals surface area contributed by atoms with E-state index in [4.69, 9.17) is 17.3 Å². The largest absolute Gasteiger partial charge is 0.347 e. The van der Waals surface area contributed by atoms with Gasteiger partial charge in [-0.05, 0) is 36.4 Å². The molecule has 3 N–H and O–H groups in total. The zero-order valence-corrected chi connectivity index (χ0v) is 12.2. The minimum absolute atomic E-state index is 0.121. The average Bonchev–Trinajstić information content (AvgIpc) is 2.91. The molecule has 102 valence electrons. The third-order valence-corrected chi connectivity index (χ3v) is 3.76. The Morgan fingerprint density at radius 3 is 2.70 bits per heavy atom. The van der Waals surface area contributed by atoms with E-state index in [9.17, 15) is 4.79 Å². The second kappa shape index (κ2) is 7.11. The van der Waals surface area contributed by atoms with Crippen molar-refractivity contribution in [3.63, 3.8) is 0 Å². The molecule has 0 radical (unpaired) electrons. The Morgan fingerprint density at radius 2 is 2.00 bits per heavy atom. The lowest BCUT2D eigenvalue weighted by molar-refractivity contribution is 0.0951. The molecule has 0 bridgehead atoms. The molecule has 3 nitrogen and oxygen atoms in total. The Balaban J connectivity index is 1.93. The van der Waals surface area contributed by atoms with Crippen molar-refractivity contribution in [2.45, 2.75) is 6.54 Å². The fraction of sp³-hybridized carbons (Fsp3) is 0.133. The second-order valence-electron chi connectivity index (χ2n) is 3.96. The van der Waals surface area contributed by atoms with E-state index in [0.717, 1.165) is 9.75 Å². The van der Waals surface area contributed by atoms with Gasteiger partial charge in [0.1, 0.15) is 0 Å². The zero-order chi connectivity index (χ0) is 14.4. The maximum absolute atomic E-state index is 11.9. The molecule has 1 heterocycles. The highest BCUT2D eigenvalue weighted by Gasteiger charge is 2.05. The number of halogens is 1. The highest BCUT2D eigenvalue weighted by molar-refractivity contribution is 7.12. The van der Waals surface area contributed by atoms with Crippen LogP contribution in [0.15, 0.2) is 36.4 Å². The quantitative estimate of drug-likeness (QED) is 0.857. The van der Waals surface area contributed by atoms with Gasteiger partial charge in [0, 0.05) is 15.5 Å². The molecule has 1 aromatic heterocycles. The van der Waals surface area contributed by atoms with E-state index in [1.807, 2.05) is 12.1 Å². The van der Waals surface area contributed by atoms with Crippen molar-refractivity contribution < 1.29 is 4.79 Å². The van der Waals surface area contributed by atoms with Crippen molar-refractivity contribution >= 4 is 28.8 Å². The summed E-state index contributed by atoms with van der Waals surface area (Å²) in [6.45, 7) is 0.830. The summed E-state index contributed by atoms with van der Waals surface area (Å²) in [5.74, 6) is 5.65. The SMILES string of the molecule is NCC#Cc1ccc(CNC(=O)c2ccc(Cl)cc2)s1. The highest BCUT2D eigenvalue weighted by atomic mass is 35.5. The van der Waals surface area contributed by atoms with Crippen LogP contribution >= 0.6 is 22.9 Å². The van der Waals surface area contributed by atoms with E-state index >= 15 is 0 Å². The van der Waals surface area contributed by atoms with Gasteiger partial charge in [0.05, 0.1) is 18.0 Å². The molecule has 1 amide bonds. The van der Waals surface area contributed by atoms with E-state index in [-0.39, 0.29) is 5.91 Å². The molecule has 0 aliphatic heterocycles. The molecule has 2 aromatic rings. The van der Waals surface area contributed by atoms with Crippen molar-refractivity contribution in [2.75, 3.05) is 6.54 Å². The van der Waals surface area contributed by atoms with Crippen LogP contribution in [0.4, 0.5) is 0 Å².